The molecule has 0 aliphatic rings. The highest BCUT2D eigenvalue weighted by Gasteiger charge is 2.18. The summed E-state index contributed by atoms with van der Waals surface area (Å²) in [6.07, 6.45) is 0. The number of benzene rings is 3. The van der Waals surface area contributed by atoms with Crippen LogP contribution < -0.4 is 15.6 Å². The van der Waals surface area contributed by atoms with E-state index in [4.69, 9.17) is 0 Å². The Bertz CT molecular complexity index is 1480. The minimum Gasteiger partial charge on any atom is -0.322 e. The molecule has 4 aromatic rings. The molecule has 166 valence electrons. The molecule has 0 fully saturated rings. The number of nitrogens with zero attached hydrogens (tertiary/aromatic N) is 1. The van der Waals surface area contributed by atoms with Gasteiger partial charge >= 0.3 is 0 Å². The first-order chi connectivity index (χ1) is 15.8. The van der Waals surface area contributed by atoms with Crippen molar-refractivity contribution >= 4 is 27.3 Å². The molecule has 1 aromatic heterocycles. The lowest BCUT2D eigenvalue weighted by atomic mass is 10.1. The third kappa shape index (κ3) is 5.13. The summed E-state index contributed by atoms with van der Waals surface area (Å²) in [6, 6.07) is 20.5. The zero-order chi connectivity index (χ0) is 23.4. The lowest BCUT2D eigenvalue weighted by Gasteiger charge is -2.11. The van der Waals surface area contributed by atoms with Crippen molar-refractivity contribution in [3.8, 4) is 11.3 Å². The number of halogens is 1. The van der Waals surface area contributed by atoms with E-state index in [-0.39, 0.29) is 21.7 Å². The average Bonchev–Trinajstić information content (AvgIpc) is 2.81. The van der Waals surface area contributed by atoms with Crippen LogP contribution in [0.1, 0.15) is 10.4 Å². The Kier molecular flexibility index (Phi) is 6.01. The van der Waals surface area contributed by atoms with Gasteiger partial charge < -0.3 is 5.32 Å². The molecule has 0 radical (unpaired) electrons. The average molecular weight is 464 g/mol. The first-order valence-corrected chi connectivity index (χ1v) is 11.1. The number of rotatable bonds is 6. The number of hydrogen-bond donors (Lipinski definition) is 3. The van der Waals surface area contributed by atoms with Crippen molar-refractivity contribution in [1.29, 1.82) is 0 Å². The topological polar surface area (TPSA) is 121 Å². The van der Waals surface area contributed by atoms with E-state index in [9.17, 15) is 22.4 Å². The molecule has 4 rings (SSSR count). The molecule has 0 bridgehead atoms. The zero-order valence-electron chi connectivity index (χ0n) is 16.9. The Morgan fingerprint density at radius 1 is 0.909 bits per heavy atom. The van der Waals surface area contributed by atoms with Crippen molar-refractivity contribution in [3.63, 3.8) is 0 Å². The van der Waals surface area contributed by atoms with Gasteiger partial charge in [-0.05, 0) is 48.5 Å². The predicted molar refractivity (Wildman–Crippen MR) is 122 cm³/mol. The number of para-hydroxylation sites is 1. The van der Waals surface area contributed by atoms with Gasteiger partial charge in [0.1, 0.15) is 5.82 Å². The monoisotopic (exact) mass is 464 g/mol. The van der Waals surface area contributed by atoms with Crippen LogP contribution in [0.2, 0.25) is 0 Å². The lowest BCUT2D eigenvalue weighted by molar-refractivity contribution is 0.102. The van der Waals surface area contributed by atoms with Gasteiger partial charge in [0.2, 0.25) is 0 Å². The van der Waals surface area contributed by atoms with Gasteiger partial charge in [0.05, 0.1) is 16.3 Å². The van der Waals surface area contributed by atoms with Crippen LogP contribution in [0.25, 0.3) is 11.3 Å². The molecule has 1 heterocycles. The van der Waals surface area contributed by atoms with Gasteiger partial charge in [0.15, 0.2) is 0 Å². The van der Waals surface area contributed by atoms with Gasteiger partial charge in [-0.3, -0.25) is 14.3 Å². The Labute approximate surface area is 188 Å². The van der Waals surface area contributed by atoms with Gasteiger partial charge in [0.25, 0.3) is 21.5 Å². The highest BCUT2D eigenvalue weighted by Crippen LogP contribution is 2.22. The molecular weight excluding hydrogens is 447 g/mol. The number of amides is 1. The number of hydrogen-bond acceptors (Lipinski definition) is 5. The predicted octanol–water partition coefficient (Wildman–Crippen LogP) is 3.63. The van der Waals surface area contributed by atoms with E-state index in [1.165, 1.54) is 48.5 Å². The molecule has 0 aliphatic heterocycles. The van der Waals surface area contributed by atoms with Crippen molar-refractivity contribution in [2.75, 3.05) is 10.0 Å². The van der Waals surface area contributed by atoms with E-state index >= 15 is 0 Å². The molecule has 0 saturated heterocycles. The van der Waals surface area contributed by atoms with Crippen molar-refractivity contribution in [1.82, 2.24) is 10.2 Å². The molecule has 33 heavy (non-hydrogen) atoms. The summed E-state index contributed by atoms with van der Waals surface area (Å²) >= 11 is 0. The number of sulfonamides is 1. The van der Waals surface area contributed by atoms with E-state index in [2.05, 4.69) is 20.2 Å². The summed E-state index contributed by atoms with van der Waals surface area (Å²) in [5, 5.41) is 9.01. The van der Waals surface area contributed by atoms with E-state index in [0.717, 1.165) is 6.07 Å². The Hall–Kier alpha value is -4.31. The van der Waals surface area contributed by atoms with Gasteiger partial charge in [-0.1, -0.05) is 30.3 Å². The molecule has 0 spiro atoms. The van der Waals surface area contributed by atoms with Crippen LogP contribution in [-0.2, 0) is 10.0 Å². The number of aromatic amines is 1. The van der Waals surface area contributed by atoms with Crippen LogP contribution in [0, 0.1) is 5.82 Å². The van der Waals surface area contributed by atoms with Crippen molar-refractivity contribution in [2.45, 2.75) is 4.90 Å². The quantitative estimate of drug-likeness (QED) is 0.402. The highest BCUT2D eigenvalue weighted by atomic mass is 32.2. The maximum absolute atomic E-state index is 13.8. The summed E-state index contributed by atoms with van der Waals surface area (Å²) in [4.78, 5) is 23.8. The van der Waals surface area contributed by atoms with Gasteiger partial charge in [-0.2, -0.15) is 5.10 Å². The normalized spacial score (nSPS) is 11.1. The van der Waals surface area contributed by atoms with Gasteiger partial charge in [-0.25, -0.2) is 17.9 Å². The van der Waals surface area contributed by atoms with Crippen molar-refractivity contribution < 1.29 is 17.6 Å². The van der Waals surface area contributed by atoms with Crippen molar-refractivity contribution in [2.24, 2.45) is 0 Å². The molecular formula is C23H17FN4O4S. The third-order valence-electron chi connectivity index (χ3n) is 4.62. The molecule has 1 amide bonds. The summed E-state index contributed by atoms with van der Waals surface area (Å²) in [7, 11) is -4.12. The first-order valence-electron chi connectivity index (χ1n) is 9.67. The smallest absolute Gasteiger partial charge is 0.264 e. The fourth-order valence-electron chi connectivity index (χ4n) is 3.02. The fraction of sp³-hybridized carbons (Fsp3) is 0. The van der Waals surface area contributed by atoms with Crippen LogP contribution in [0.15, 0.2) is 94.6 Å². The molecule has 0 aliphatic carbocycles. The maximum Gasteiger partial charge on any atom is 0.264 e. The Morgan fingerprint density at radius 2 is 1.70 bits per heavy atom. The number of carbonyl (C=O) groups excluding carboxylic acids is 1. The minimum absolute atomic E-state index is 0.0963. The third-order valence-corrected chi connectivity index (χ3v) is 5.98. The Morgan fingerprint density at radius 3 is 2.45 bits per heavy atom. The largest absolute Gasteiger partial charge is 0.322 e. The van der Waals surface area contributed by atoms with E-state index < -0.39 is 21.7 Å². The van der Waals surface area contributed by atoms with Crippen LogP contribution in [0.4, 0.5) is 15.8 Å². The fourth-order valence-corrected chi connectivity index (χ4v) is 4.13. The van der Waals surface area contributed by atoms with E-state index in [0.29, 0.717) is 16.9 Å². The van der Waals surface area contributed by atoms with E-state index in [1.807, 2.05) is 0 Å². The van der Waals surface area contributed by atoms with Crippen LogP contribution >= 0.6 is 0 Å². The van der Waals surface area contributed by atoms with E-state index in [1.54, 1.807) is 30.3 Å². The first kappa shape index (κ1) is 21.9. The van der Waals surface area contributed by atoms with Crippen LogP contribution in [-0.4, -0.2) is 24.5 Å². The lowest BCUT2D eigenvalue weighted by Crippen LogP contribution is -2.16. The number of carbonyl (C=O) groups is 1. The number of aromatic nitrogens is 2. The molecule has 3 aromatic carbocycles. The molecule has 8 nitrogen and oxygen atoms in total. The number of H-pyrrole nitrogens is 1. The SMILES string of the molecule is O=C(Nc1cccc(-c2ccc(=O)[nH]n2)c1)c1cccc(S(=O)(=O)Nc2ccccc2F)c1. The number of anilines is 2. The summed E-state index contributed by atoms with van der Waals surface area (Å²) < 4.78 is 41.4. The summed E-state index contributed by atoms with van der Waals surface area (Å²) in [5.41, 5.74) is 1.19. The number of nitrogens with one attached hydrogen (secondary N) is 3. The second kappa shape index (κ2) is 9.05. The summed E-state index contributed by atoms with van der Waals surface area (Å²) in [6.45, 7) is 0. The highest BCUT2D eigenvalue weighted by molar-refractivity contribution is 7.92. The van der Waals surface area contributed by atoms with Crippen LogP contribution in [0.3, 0.4) is 0 Å². The minimum atomic E-state index is -4.12. The second-order valence-corrected chi connectivity index (χ2v) is 8.64. The standard InChI is InChI=1S/C23H17FN4O4S/c24-19-9-1-2-10-21(19)28-33(31,32)18-8-4-6-16(14-18)23(30)25-17-7-3-5-15(13-17)20-11-12-22(29)27-26-20/h1-14,28H,(H,25,30)(H,27,29). The molecule has 3 N–H and O–H groups in total. The maximum atomic E-state index is 13.8. The van der Waals surface area contributed by atoms with Gasteiger partial charge in [0, 0.05) is 22.9 Å². The molecule has 0 saturated carbocycles. The Balaban J connectivity index is 1.55. The molecule has 0 unspecified atom stereocenters. The van der Waals surface area contributed by atoms with Crippen LogP contribution in [0.5, 0.6) is 0 Å². The van der Waals surface area contributed by atoms with Crippen molar-refractivity contribution in [3.05, 3.63) is 107 Å². The van der Waals surface area contributed by atoms with Gasteiger partial charge in [-0.15, -0.1) is 0 Å². The second-order valence-electron chi connectivity index (χ2n) is 6.95. The molecule has 0 atom stereocenters. The summed E-state index contributed by atoms with van der Waals surface area (Å²) in [5.74, 6) is -1.25. The zero-order valence-corrected chi connectivity index (χ0v) is 17.8. The molecule has 10 heteroatoms.